The van der Waals surface area contributed by atoms with Gasteiger partial charge in [0.25, 0.3) is 5.91 Å². The number of piperidine rings is 1. The lowest BCUT2D eigenvalue weighted by Crippen LogP contribution is -2.48. The molecule has 0 aliphatic carbocycles. The summed E-state index contributed by atoms with van der Waals surface area (Å²) in [5.74, 6) is 3.49. The van der Waals surface area contributed by atoms with Crippen molar-refractivity contribution >= 4 is 17.4 Å². The fourth-order valence-corrected chi connectivity index (χ4v) is 5.43. The van der Waals surface area contributed by atoms with Gasteiger partial charge in [-0.3, -0.25) is 4.79 Å². The lowest BCUT2D eigenvalue weighted by molar-refractivity contribution is 0.0724. The Bertz CT molecular complexity index is 1310. The van der Waals surface area contributed by atoms with Crippen LogP contribution in [0.15, 0.2) is 42.6 Å². The van der Waals surface area contributed by atoms with Gasteiger partial charge in [-0.25, -0.2) is 9.97 Å². The average molecular weight is 548 g/mol. The molecule has 2 aromatic carbocycles. The van der Waals surface area contributed by atoms with Crippen molar-refractivity contribution in [3.05, 3.63) is 48.2 Å². The van der Waals surface area contributed by atoms with E-state index in [9.17, 15) is 4.79 Å². The number of methoxy groups -OCH3 is 4. The van der Waals surface area contributed by atoms with E-state index in [0.29, 0.717) is 53.1 Å². The molecule has 212 valence electrons. The third-order valence-corrected chi connectivity index (χ3v) is 7.57. The molecule has 5 rings (SSSR count). The maximum atomic E-state index is 13.7. The number of hydrogen-bond donors (Lipinski definition) is 0. The van der Waals surface area contributed by atoms with Crippen molar-refractivity contribution < 1.29 is 23.7 Å². The zero-order chi connectivity index (χ0) is 28.1. The SMILES string of the molecule is COc1ccccc1N1CCN(c2nc(-c3cc(OC)c(OC)c(OC)c3)ncc2C(=O)N2CCCCC2)CC1. The highest BCUT2D eigenvalue weighted by molar-refractivity contribution is 5.99. The minimum Gasteiger partial charge on any atom is -0.495 e. The fourth-order valence-electron chi connectivity index (χ4n) is 5.43. The third-order valence-electron chi connectivity index (χ3n) is 7.57. The first-order valence-electron chi connectivity index (χ1n) is 13.7. The first-order valence-corrected chi connectivity index (χ1v) is 13.7. The first kappa shape index (κ1) is 27.4. The maximum absolute atomic E-state index is 13.7. The van der Waals surface area contributed by atoms with Crippen LogP contribution in [0.25, 0.3) is 11.4 Å². The summed E-state index contributed by atoms with van der Waals surface area (Å²) in [4.78, 5) is 29.8. The molecule has 0 radical (unpaired) electrons. The highest BCUT2D eigenvalue weighted by Crippen LogP contribution is 2.41. The van der Waals surface area contributed by atoms with E-state index in [0.717, 1.165) is 56.9 Å². The Kier molecular flexibility index (Phi) is 8.42. The van der Waals surface area contributed by atoms with Crippen LogP contribution in [0.4, 0.5) is 11.5 Å². The Labute approximate surface area is 235 Å². The predicted molar refractivity (Wildman–Crippen MR) is 154 cm³/mol. The maximum Gasteiger partial charge on any atom is 0.259 e. The second kappa shape index (κ2) is 12.3. The second-order valence-corrected chi connectivity index (χ2v) is 9.84. The number of nitrogens with zero attached hydrogens (tertiary/aromatic N) is 5. The van der Waals surface area contributed by atoms with Crippen LogP contribution in [0, 0.1) is 0 Å². The highest BCUT2D eigenvalue weighted by atomic mass is 16.5. The smallest absolute Gasteiger partial charge is 0.259 e. The number of para-hydroxylation sites is 2. The summed E-state index contributed by atoms with van der Waals surface area (Å²) in [7, 11) is 6.42. The number of piperazine rings is 1. The molecule has 3 aromatic rings. The van der Waals surface area contributed by atoms with Crippen LogP contribution in [0.3, 0.4) is 0 Å². The molecule has 1 amide bonds. The minimum atomic E-state index is -0.0155. The monoisotopic (exact) mass is 547 g/mol. The standard InChI is InChI=1S/C30H37N5O5/c1-37-24-11-7-6-10-23(24)33-14-16-34(17-15-33)29-22(30(36)35-12-8-5-9-13-35)20-31-28(32-29)21-18-25(38-2)27(40-4)26(19-21)39-3/h6-7,10-11,18-20H,5,8-9,12-17H2,1-4H3. The normalized spacial score (nSPS) is 15.6. The molecule has 0 atom stereocenters. The highest BCUT2D eigenvalue weighted by Gasteiger charge is 2.28. The molecule has 10 heteroatoms. The summed E-state index contributed by atoms with van der Waals surface area (Å²) in [6, 6.07) is 11.7. The van der Waals surface area contributed by atoms with Crippen LogP contribution >= 0.6 is 0 Å². The van der Waals surface area contributed by atoms with Gasteiger partial charge in [-0.2, -0.15) is 0 Å². The van der Waals surface area contributed by atoms with Gasteiger partial charge in [0.2, 0.25) is 5.75 Å². The number of hydrogen-bond acceptors (Lipinski definition) is 9. The molecular formula is C30H37N5O5. The summed E-state index contributed by atoms with van der Waals surface area (Å²) in [5, 5.41) is 0. The Hall–Kier alpha value is -4.21. The van der Waals surface area contributed by atoms with Crippen LogP contribution in [0.5, 0.6) is 23.0 Å². The van der Waals surface area contributed by atoms with Gasteiger partial charge in [0.05, 0.1) is 34.1 Å². The van der Waals surface area contributed by atoms with Crippen molar-refractivity contribution in [1.82, 2.24) is 14.9 Å². The van der Waals surface area contributed by atoms with E-state index >= 15 is 0 Å². The topological polar surface area (TPSA) is 89.5 Å². The van der Waals surface area contributed by atoms with Crippen molar-refractivity contribution in [2.24, 2.45) is 0 Å². The van der Waals surface area contributed by atoms with Gasteiger partial charge in [-0.05, 0) is 43.5 Å². The predicted octanol–water partition coefficient (Wildman–Crippen LogP) is 4.13. The van der Waals surface area contributed by atoms with Crippen LogP contribution in [-0.4, -0.2) is 88.5 Å². The number of anilines is 2. The summed E-state index contributed by atoms with van der Waals surface area (Å²) in [6.07, 6.45) is 4.86. The van der Waals surface area contributed by atoms with Gasteiger partial charge in [0.15, 0.2) is 17.3 Å². The molecule has 2 saturated heterocycles. The average Bonchev–Trinajstić information content (AvgIpc) is 3.03. The Balaban J connectivity index is 1.50. The van der Waals surface area contributed by atoms with Gasteiger partial charge >= 0.3 is 0 Å². The van der Waals surface area contributed by atoms with E-state index < -0.39 is 0 Å². The molecule has 0 bridgehead atoms. The molecule has 2 aliphatic rings. The van der Waals surface area contributed by atoms with Gasteiger partial charge in [0, 0.05) is 51.0 Å². The Morgan fingerprint density at radius 1 is 0.750 bits per heavy atom. The van der Waals surface area contributed by atoms with Gasteiger partial charge < -0.3 is 33.6 Å². The first-order chi connectivity index (χ1) is 19.6. The number of amides is 1. The van der Waals surface area contributed by atoms with Crippen molar-refractivity contribution in [1.29, 1.82) is 0 Å². The molecule has 0 saturated carbocycles. The molecule has 1 aromatic heterocycles. The molecule has 40 heavy (non-hydrogen) atoms. The van der Waals surface area contributed by atoms with E-state index in [2.05, 4.69) is 20.9 Å². The van der Waals surface area contributed by atoms with E-state index in [1.165, 1.54) is 0 Å². The summed E-state index contributed by atoms with van der Waals surface area (Å²) < 4.78 is 22.2. The minimum absolute atomic E-state index is 0.0155. The Morgan fingerprint density at radius 3 is 2.00 bits per heavy atom. The van der Waals surface area contributed by atoms with Gasteiger partial charge in [-0.15, -0.1) is 0 Å². The van der Waals surface area contributed by atoms with Gasteiger partial charge in [0.1, 0.15) is 17.1 Å². The quantitative estimate of drug-likeness (QED) is 0.413. The molecule has 0 unspecified atom stereocenters. The number of likely N-dealkylation sites (tertiary alicyclic amines) is 1. The van der Waals surface area contributed by atoms with Gasteiger partial charge in [-0.1, -0.05) is 12.1 Å². The van der Waals surface area contributed by atoms with E-state index in [1.807, 2.05) is 35.2 Å². The number of benzene rings is 2. The molecular weight excluding hydrogens is 510 g/mol. The number of carbonyl (C=O) groups excluding carboxylic acids is 1. The second-order valence-electron chi connectivity index (χ2n) is 9.84. The fraction of sp³-hybridized carbons (Fsp3) is 0.433. The molecule has 3 heterocycles. The lowest BCUT2D eigenvalue weighted by atomic mass is 10.1. The molecule has 10 nitrogen and oxygen atoms in total. The number of ether oxygens (including phenoxy) is 4. The molecule has 0 N–H and O–H groups in total. The van der Waals surface area contributed by atoms with E-state index in [4.69, 9.17) is 23.9 Å². The van der Waals surface area contributed by atoms with Crippen LogP contribution in [0.1, 0.15) is 29.6 Å². The zero-order valence-electron chi connectivity index (χ0n) is 23.7. The molecule has 2 fully saturated rings. The zero-order valence-corrected chi connectivity index (χ0v) is 23.7. The van der Waals surface area contributed by atoms with Crippen LogP contribution in [-0.2, 0) is 0 Å². The van der Waals surface area contributed by atoms with E-state index in [1.54, 1.807) is 34.6 Å². The Morgan fingerprint density at radius 2 is 1.38 bits per heavy atom. The van der Waals surface area contributed by atoms with Crippen molar-refractivity contribution in [2.75, 3.05) is 77.5 Å². The summed E-state index contributed by atoms with van der Waals surface area (Å²) >= 11 is 0. The molecule has 2 aliphatic heterocycles. The van der Waals surface area contributed by atoms with E-state index in [-0.39, 0.29) is 5.91 Å². The number of carbonyl (C=O) groups is 1. The number of rotatable bonds is 8. The number of aromatic nitrogens is 2. The lowest BCUT2D eigenvalue weighted by Gasteiger charge is -2.38. The van der Waals surface area contributed by atoms with Crippen molar-refractivity contribution in [2.45, 2.75) is 19.3 Å². The summed E-state index contributed by atoms with van der Waals surface area (Å²) in [6.45, 7) is 4.44. The molecule has 0 spiro atoms. The van der Waals surface area contributed by atoms with Crippen molar-refractivity contribution in [3.63, 3.8) is 0 Å². The van der Waals surface area contributed by atoms with Crippen LogP contribution in [0.2, 0.25) is 0 Å². The van der Waals surface area contributed by atoms with Crippen LogP contribution < -0.4 is 28.7 Å². The largest absolute Gasteiger partial charge is 0.495 e. The van der Waals surface area contributed by atoms with Crippen molar-refractivity contribution in [3.8, 4) is 34.4 Å². The summed E-state index contributed by atoms with van der Waals surface area (Å²) in [5.41, 5.74) is 2.30. The third kappa shape index (κ3) is 5.43.